The van der Waals surface area contributed by atoms with Crippen LogP contribution in [-0.4, -0.2) is 55.4 Å². The third-order valence-corrected chi connectivity index (χ3v) is 7.21. The zero-order valence-electron chi connectivity index (χ0n) is 19.4. The van der Waals surface area contributed by atoms with Gasteiger partial charge in [0.05, 0.1) is 28.6 Å². The Morgan fingerprint density at radius 2 is 1.88 bits per heavy atom. The summed E-state index contributed by atoms with van der Waals surface area (Å²) >= 11 is 0. The molecule has 33 heavy (non-hydrogen) atoms. The number of aryl methyl sites for hydroxylation is 3. The molecule has 0 aliphatic rings. The number of carbonyl (C=O) groups is 2. The van der Waals surface area contributed by atoms with Gasteiger partial charge in [0.2, 0.25) is 15.9 Å². The zero-order chi connectivity index (χ0) is 24.3. The first-order chi connectivity index (χ1) is 15.6. The standard InChI is InChI=1S/C23H28N4O5S/c1-6-27-20-10-9-17(33(30,31)26(3)4)14-19(20)24-21(27)11-12-22(28)25-18-13-16(23(29)32-5)8-7-15(18)2/h7-10,13-14H,6,11-12H2,1-5H3,(H,25,28). The van der Waals surface area contributed by atoms with Crippen molar-refractivity contribution in [2.45, 2.75) is 38.1 Å². The van der Waals surface area contributed by atoms with Crippen LogP contribution in [0.1, 0.15) is 35.1 Å². The molecular weight excluding hydrogens is 444 g/mol. The van der Waals surface area contributed by atoms with E-state index in [1.807, 2.05) is 18.4 Å². The number of nitrogens with one attached hydrogen (secondary N) is 1. The lowest BCUT2D eigenvalue weighted by Gasteiger charge is -2.11. The van der Waals surface area contributed by atoms with Gasteiger partial charge in [-0.3, -0.25) is 4.79 Å². The monoisotopic (exact) mass is 472 g/mol. The van der Waals surface area contributed by atoms with Crippen LogP contribution in [0.2, 0.25) is 0 Å². The number of anilines is 1. The number of rotatable bonds is 8. The summed E-state index contributed by atoms with van der Waals surface area (Å²) in [5.41, 5.74) is 3.11. The van der Waals surface area contributed by atoms with Crippen molar-refractivity contribution in [1.82, 2.24) is 13.9 Å². The first-order valence-electron chi connectivity index (χ1n) is 10.5. The Morgan fingerprint density at radius 3 is 2.52 bits per heavy atom. The topological polar surface area (TPSA) is 111 Å². The van der Waals surface area contributed by atoms with Gasteiger partial charge in [-0.15, -0.1) is 0 Å². The number of fused-ring (bicyclic) bond motifs is 1. The largest absolute Gasteiger partial charge is 0.465 e. The van der Waals surface area contributed by atoms with Gasteiger partial charge >= 0.3 is 5.97 Å². The van der Waals surface area contributed by atoms with Gasteiger partial charge in [-0.05, 0) is 49.7 Å². The highest BCUT2D eigenvalue weighted by Gasteiger charge is 2.20. The van der Waals surface area contributed by atoms with Crippen LogP contribution in [0.25, 0.3) is 11.0 Å². The number of imidazole rings is 1. The van der Waals surface area contributed by atoms with Gasteiger partial charge in [-0.1, -0.05) is 6.07 Å². The van der Waals surface area contributed by atoms with E-state index in [1.54, 1.807) is 36.4 Å². The Labute approximate surface area is 193 Å². The molecule has 1 heterocycles. The molecule has 0 atom stereocenters. The van der Waals surface area contributed by atoms with E-state index in [2.05, 4.69) is 10.3 Å². The van der Waals surface area contributed by atoms with Crippen LogP contribution >= 0.6 is 0 Å². The van der Waals surface area contributed by atoms with E-state index >= 15 is 0 Å². The van der Waals surface area contributed by atoms with Crippen molar-refractivity contribution < 1.29 is 22.7 Å². The molecule has 0 saturated heterocycles. The first kappa shape index (κ1) is 24.4. The number of carbonyl (C=O) groups excluding carboxylic acids is 2. The van der Waals surface area contributed by atoms with Crippen molar-refractivity contribution in [2.24, 2.45) is 0 Å². The maximum absolute atomic E-state index is 12.6. The summed E-state index contributed by atoms with van der Waals surface area (Å²) in [4.78, 5) is 29.2. The molecule has 0 aliphatic heterocycles. The molecule has 0 fully saturated rings. The molecule has 9 nitrogen and oxygen atoms in total. The van der Waals surface area contributed by atoms with Gasteiger partial charge in [0.15, 0.2) is 0 Å². The molecule has 0 spiro atoms. The summed E-state index contributed by atoms with van der Waals surface area (Å²) in [5.74, 6) is 0.00518. The van der Waals surface area contributed by atoms with Crippen molar-refractivity contribution in [3.05, 3.63) is 53.3 Å². The number of aromatic nitrogens is 2. The van der Waals surface area contributed by atoms with Crippen LogP contribution in [0.5, 0.6) is 0 Å². The average Bonchev–Trinajstić information content (AvgIpc) is 3.15. The lowest BCUT2D eigenvalue weighted by molar-refractivity contribution is -0.116. The van der Waals surface area contributed by atoms with E-state index in [0.29, 0.717) is 35.6 Å². The number of benzene rings is 2. The molecule has 1 N–H and O–H groups in total. The number of hydrogen-bond acceptors (Lipinski definition) is 6. The summed E-state index contributed by atoms with van der Waals surface area (Å²) in [6.45, 7) is 4.44. The van der Waals surface area contributed by atoms with Gasteiger partial charge in [-0.2, -0.15) is 0 Å². The highest BCUT2D eigenvalue weighted by Crippen LogP contribution is 2.23. The van der Waals surface area contributed by atoms with Gasteiger partial charge in [0, 0.05) is 39.2 Å². The Kier molecular flexibility index (Phi) is 7.19. The Morgan fingerprint density at radius 1 is 1.15 bits per heavy atom. The lowest BCUT2D eigenvalue weighted by atomic mass is 10.1. The molecule has 1 amide bonds. The van der Waals surface area contributed by atoms with Crippen LogP contribution < -0.4 is 5.32 Å². The number of sulfonamides is 1. The van der Waals surface area contributed by atoms with Crippen LogP contribution in [0.15, 0.2) is 41.3 Å². The maximum atomic E-state index is 12.6. The predicted octanol–water partition coefficient (Wildman–Crippen LogP) is 2.97. The van der Waals surface area contributed by atoms with Crippen molar-refractivity contribution in [3.8, 4) is 0 Å². The minimum absolute atomic E-state index is 0.172. The van der Waals surface area contributed by atoms with Crippen molar-refractivity contribution >= 4 is 38.6 Å². The van der Waals surface area contributed by atoms with Crippen LogP contribution in [-0.2, 0) is 32.5 Å². The van der Waals surface area contributed by atoms with Crippen LogP contribution in [0, 0.1) is 6.92 Å². The number of methoxy groups -OCH3 is 1. The Balaban J connectivity index is 1.80. The zero-order valence-corrected chi connectivity index (χ0v) is 20.2. The molecule has 3 aromatic rings. The fraction of sp³-hybridized carbons (Fsp3) is 0.348. The van der Waals surface area contributed by atoms with E-state index in [0.717, 1.165) is 15.4 Å². The SMILES string of the molecule is CCn1c(CCC(=O)Nc2cc(C(=O)OC)ccc2C)nc2cc(S(=O)(=O)N(C)C)ccc21. The third kappa shape index (κ3) is 5.07. The van der Waals surface area contributed by atoms with Crippen LogP contribution in [0.3, 0.4) is 0 Å². The Bertz CT molecular complexity index is 1310. The summed E-state index contributed by atoms with van der Waals surface area (Å²) in [7, 11) is 0.703. The lowest BCUT2D eigenvalue weighted by Crippen LogP contribution is -2.22. The maximum Gasteiger partial charge on any atom is 0.337 e. The average molecular weight is 473 g/mol. The van der Waals surface area contributed by atoms with Gasteiger partial charge in [0.1, 0.15) is 5.82 Å². The van der Waals surface area contributed by atoms with E-state index in [-0.39, 0.29) is 17.2 Å². The van der Waals surface area contributed by atoms with E-state index in [9.17, 15) is 18.0 Å². The molecule has 0 saturated carbocycles. The minimum Gasteiger partial charge on any atom is -0.465 e. The van der Waals surface area contributed by atoms with Gasteiger partial charge < -0.3 is 14.6 Å². The molecule has 0 aliphatic carbocycles. The number of esters is 1. The molecule has 3 rings (SSSR count). The summed E-state index contributed by atoms with van der Waals surface area (Å²) in [6.07, 6.45) is 0.550. The second kappa shape index (κ2) is 9.72. The molecule has 1 aromatic heterocycles. The Hall–Kier alpha value is -3.24. The second-order valence-corrected chi connectivity index (χ2v) is 9.93. The summed E-state index contributed by atoms with van der Waals surface area (Å²) in [5, 5.41) is 2.84. The summed E-state index contributed by atoms with van der Waals surface area (Å²) in [6, 6.07) is 9.85. The predicted molar refractivity (Wildman–Crippen MR) is 126 cm³/mol. The van der Waals surface area contributed by atoms with E-state index in [4.69, 9.17) is 4.74 Å². The molecule has 0 unspecified atom stereocenters. The normalized spacial score (nSPS) is 11.7. The summed E-state index contributed by atoms with van der Waals surface area (Å²) < 4.78 is 32.8. The van der Waals surface area contributed by atoms with E-state index in [1.165, 1.54) is 21.2 Å². The number of nitrogens with zero attached hydrogens (tertiary/aromatic N) is 3. The smallest absolute Gasteiger partial charge is 0.337 e. The molecule has 2 aromatic carbocycles. The fourth-order valence-electron chi connectivity index (χ4n) is 3.51. The van der Waals surface area contributed by atoms with Crippen molar-refractivity contribution in [1.29, 1.82) is 0 Å². The molecule has 176 valence electrons. The van der Waals surface area contributed by atoms with Gasteiger partial charge in [0.25, 0.3) is 0 Å². The van der Waals surface area contributed by atoms with Gasteiger partial charge in [-0.25, -0.2) is 22.5 Å². The van der Waals surface area contributed by atoms with Crippen LogP contribution in [0.4, 0.5) is 5.69 Å². The number of hydrogen-bond donors (Lipinski definition) is 1. The quantitative estimate of drug-likeness (QED) is 0.505. The minimum atomic E-state index is -3.57. The third-order valence-electron chi connectivity index (χ3n) is 5.40. The number of amides is 1. The highest BCUT2D eigenvalue weighted by atomic mass is 32.2. The second-order valence-electron chi connectivity index (χ2n) is 7.78. The fourth-order valence-corrected chi connectivity index (χ4v) is 4.44. The molecule has 0 bridgehead atoms. The molecule has 0 radical (unpaired) electrons. The van der Waals surface area contributed by atoms with Crippen molar-refractivity contribution in [3.63, 3.8) is 0 Å². The van der Waals surface area contributed by atoms with Crippen molar-refractivity contribution in [2.75, 3.05) is 26.5 Å². The molecule has 10 heteroatoms. The number of ether oxygens (including phenoxy) is 1. The first-order valence-corrected chi connectivity index (χ1v) is 11.9. The van der Waals surface area contributed by atoms with E-state index < -0.39 is 16.0 Å². The molecular formula is C23H28N4O5S. The highest BCUT2D eigenvalue weighted by molar-refractivity contribution is 7.89.